The zero-order valence-corrected chi connectivity index (χ0v) is 20.8. The molecule has 7 nitrogen and oxygen atoms in total. The molecule has 188 valence electrons. The van der Waals surface area contributed by atoms with Crippen LogP contribution in [0.3, 0.4) is 0 Å². The number of hydrogen-bond donors (Lipinski definition) is 3. The number of aryl methyl sites for hydroxylation is 1. The van der Waals surface area contributed by atoms with E-state index < -0.39 is 30.6 Å². The number of carboxylic acids is 2. The lowest BCUT2D eigenvalue weighted by atomic mass is 9.95. The van der Waals surface area contributed by atoms with Crippen molar-refractivity contribution in [1.82, 2.24) is 5.32 Å². The molecule has 3 aromatic carbocycles. The zero-order valence-electron chi connectivity index (χ0n) is 19.3. The summed E-state index contributed by atoms with van der Waals surface area (Å²) in [4.78, 5) is 35.7. The average Bonchev–Trinajstić information content (AvgIpc) is 2.83. The Hall–Kier alpha value is -3.62. The summed E-state index contributed by atoms with van der Waals surface area (Å²) >= 11 is 12.1. The van der Waals surface area contributed by atoms with Gasteiger partial charge in [-0.2, -0.15) is 0 Å². The van der Waals surface area contributed by atoms with Crippen molar-refractivity contribution in [1.29, 1.82) is 0 Å². The maximum absolute atomic E-state index is 13.1. The highest BCUT2D eigenvalue weighted by Gasteiger charge is 2.25. The molecule has 0 fully saturated rings. The van der Waals surface area contributed by atoms with E-state index >= 15 is 0 Å². The van der Waals surface area contributed by atoms with Crippen LogP contribution < -0.4 is 10.1 Å². The minimum atomic E-state index is -1.31. The van der Waals surface area contributed by atoms with Crippen LogP contribution >= 0.6 is 23.2 Å². The van der Waals surface area contributed by atoms with E-state index in [2.05, 4.69) is 5.32 Å². The quantitative estimate of drug-likeness (QED) is 0.331. The van der Waals surface area contributed by atoms with Gasteiger partial charge >= 0.3 is 11.9 Å². The third-order valence-electron chi connectivity index (χ3n) is 5.54. The van der Waals surface area contributed by atoms with Crippen molar-refractivity contribution >= 4 is 41.0 Å². The molecule has 3 aromatic rings. The molecule has 0 bridgehead atoms. The number of nitrogens with one attached hydrogen (secondary N) is 1. The molecule has 36 heavy (non-hydrogen) atoms. The molecule has 0 aliphatic rings. The number of carboxylic acid groups (broad SMARTS) is 2. The van der Waals surface area contributed by atoms with Gasteiger partial charge in [-0.1, -0.05) is 53.5 Å². The van der Waals surface area contributed by atoms with Crippen molar-refractivity contribution in [2.24, 2.45) is 0 Å². The lowest BCUT2D eigenvalue weighted by Crippen LogP contribution is -2.42. The molecule has 0 saturated heterocycles. The highest BCUT2D eigenvalue weighted by atomic mass is 35.5. The Labute approximate surface area is 216 Å². The van der Waals surface area contributed by atoms with Gasteiger partial charge in [-0.25, -0.2) is 14.0 Å². The Kier molecular flexibility index (Phi) is 8.55. The van der Waals surface area contributed by atoms with Gasteiger partial charge in [-0.05, 0) is 47.4 Å². The number of rotatable bonds is 9. The predicted molar refractivity (Wildman–Crippen MR) is 134 cm³/mol. The maximum atomic E-state index is 13.1. The van der Waals surface area contributed by atoms with Crippen molar-refractivity contribution in [2.45, 2.75) is 26.1 Å². The van der Waals surface area contributed by atoms with E-state index in [-0.39, 0.29) is 27.6 Å². The van der Waals surface area contributed by atoms with Gasteiger partial charge in [0.25, 0.3) is 5.91 Å². The van der Waals surface area contributed by atoms with Crippen molar-refractivity contribution in [3.8, 4) is 16.9 Å². The largest absolute Gasteiger partial charge is 0.496 e. The zero-order chi connectivity index (χ0) is 26.6. The van der Waals surface area contributed by atoms with Crippen molar-refractivity contribution in [3.05, 3.63) is 86.4 Å². The Balaban J connectivity index is 1.82. The molecular weight excluding hydrogens is 512 g/mol. The fraction of sp³-hybridized carbons (Fsp3) is 0.192. The lowest BCUT2D eigenvalue weighted by Gasteiger charge is -2.17. The number of methoxy groups -OCH3 is 1. The third kappa shape index (κ3) is 5.95. The fourth-order valence-electron chi connectivity index (χ4n) is 3.82. The molecule has 10 heteroatoms. The summed E-state index contributed by atoms with van der Waals surface area (Å²) in [5.74, 6) is -2.88. The molecule has 0 saturated carbocycles. The number of aliphatic carboxylic acids is 1. The van der Waals surface area contributed by atoms with Crippen LogP contribution in [0.2, 0.25) is 10.0 Å². The Bertz CT molecular complexity index is 1300. The standard InChI is InChI=1S/C26H22Cl2FNO6/c1-13-7-15(12-29)9-21(36-2)22(13)16-5-3-14(4-6-16)8-20(26(34)35)30-24(31)23-18(27)10-17(25(32)33)11-19(23)28/h3-7,9-11,20H,8,12H2,1-2H3,(H,30,31)(H,32,33)(H,34,35)/t20-/m0/s1. The van der Waals surface area contributed by atoms with E-state index in [1.807, 2.05) is 6.92 Å². The highest BCUT2D eigenvalue weighted by Crippen LogP contribution is 2.35. The number of aromatic carboxylic acids is 1. The van der Waals surface area contributed by atoms with Crippen LogP contribution in [0, 0.1) is 6.92 Å². The number of hydrogen-bond acceptors (Lipinski definition) is 4. The second-order valence-electron chi connectivity index (χ2n) is 8.01. The van der Waals surface area contributed by atoms with E-state index in [9.17, 15) is 23.9 Å². The number of halogens is 3. The topological polar surface area (TPSA) is 113 Å². The van der Waals surface area contributed by atoms with Crippen LogP contribution in [0.1, 0.15) is 37.4 Å². The van der Waals surface area contributed by atoms with Gasteiger partial charge in [0.2, 0.25) is 0 Å². The first kappa shape index (κ1) is 27.0. The monoisotopic (exact) mass is 533 g/mol. The molecule has 3 N–H and O–H groups in total. The predicted octanol–water partition coefficient (Wildman–Crippen LogP) is 5.57. The van der Waals surface area contributed by atoms with Gasteiger partial charge in [-0.3, -0.25) is 4.79 Å². The molecule has 0 aromatic heterocycles. The van der Waals surface area contributed by atoms with Crippen molar-refractivity contribution in [2.75, 3.05) is 7.11 Å². The van der Waals surface area contributed by atoms with Crippen molar-refractivity contribution in [3.63, 3.8) is 0 Å². The highest BCUT2D eigenvalue weighted by molar-refractivity contribution is 6.40. The smallest absolute Gasteiger partial charge is 0.335 e. The summed E-state index contributed by atoms with van der Waals surface area (Å²) in [6, 6.07) is 11.2. The summed E-state index contributed by atoms with van der Waals surface area (Å²) in [7, 11) is 1.50. The molecule has 1 amide bonds. The minimum Gasteiger partial charge on any atom is -0.496 e. The van der Waals surface area contributed by atoms with E-state index in [1.54, 1.807) is 36.4 Å². The number of ether oxygens (including phenoxy) is 1. The van der Waals surface area contributed by atoms with Gasteiger partial charge in [0.05, 0.1) is 28.3 Å². The summed E-state index contributed by atoms with van der Waals surface area (Å²) in [6.45, 7) is 1.24. The average molecular weight is 534 g/mol. The normalized spacial score (nSPS) is 11.6. The van der Waals surface area contributed by atoms with Crippen LogP contribution in [-0.4, -0.2) is 41.2 Å². The van der Waals surface area contributed by atoms with E-state index in [1.165, 1.54) is 7.11 Å². The molecule has 0 aliphatic carbocycles. The summed E-state index contributed by atoms with van der Waals surface area (Å²) in [5.41, 5.74) is 3.12. The SMILES string of the molecule is COc1cc(CF)cc(C)c1-c1ccc(C[C@H](NC(=O)c2c(Cl)cc(C(=O)O)cc2Cl)C(=O)O)cc1. The fourth-order valence-corrected chi connectivity index (χ4v) is 4.48. The number of alkyl halides is 1. The Morgan fingerprint density at radius 3 is 2.11 bits per heavy atom. The number of benzene rings is 3. The van der Waals surface area contributed by atoms with E-state index in [4.69, 9.17) is 33.0 Å². The van der Waals surface area contributed by atoms with Crippen LogP contribution in [0.4, 0.5) is 4.39 Å². The second-order valence-corrected chi connectivity index (χ2v) is 8.82. The molecular formula is C26H22Cl2FNO6. The lowest BCUT2D eigenvalue weighted by molar-refractivity contribution is -0.139. The minimum absolute atomic E-state index is 0.0410. The molecule has 0 unspecified atom stereocenters. The van der Waals surface area contributed by atoms with Crippen LogP contribution in [-0.2, 0) is 17.9 Å². The van der Waals surface area contributed by atoms with Gasteiger partial charge in [0.15, 0.2) is 0 Å². The third-order valence-corrected chi connectivity index (χ3v) is 6.13. The summed E-state index contributed by atoms with van der Waals surface area (Å²) < 4.78 is 18.5. The number of carbonyl (C=O) groups excluding carboxylic acids is 1. The van der Waals surface area contributed by atoms with E-state index in [0.717, 1.165) is 28.8 Å². The molecule has 3 rings (SSSR count). The second kappa shape index (κ2) is 11.4. The molecule has 0 aliphatic heterocycles. The van der Waals surface area contributed by atoms with Crippen LogP contribution in [0.25, 0.3) is 11.1 Å². The van der Waals surface area contributed by atoms with Gasteiger partial charge in [0.1, 0.15) is 18.5 Å². The van der Waals surface area contributed by atoms with Crippen LogP contribution in [0.15, 0.2) is 48.5 Å². The van der Waals surface area contributed by atoms with E-state index in [0.29, 0.717) is 16.9 Å². The molecule has 1 atom stereocenters. The first-order chi connectivity index (χ1) is 17.0. The van der Waals surface area contributed by atoms with Gasteiger partial charge < -0.3 is 20.3 Å². The molecule has 0 heterocycles. The van der Waals surface area contributed by atoms with Crippen LogP contribution in [0.5, 0.6) is 5.75 Å². The first-order valence-corrected chi connectivity index (χ1v) is 11.4. The van der Waals surface area contributed by atoms with Crippen molar-refractivity contribution < 1.29 is 33.7 Å². The molecule has 0 spiro atoms. The Morgan fingerprint density at radius 1 is 1.00 bits per heavy atom. The Morgan fingerprint density at radius 2 is 1.61 bits per heavy atom. The summed E-state index contributed by atoms with van der Waals surface area (Å²) in [6.07, 6.45) is -0.0410. The first-order valence-electron chi connectivity index (χ1n) is 10.6. The molecule has 0 radical (unpaired) electrons. The van der Waals surface area contributed by atoms with Gasteiger partial charge in [0, 0.05) is 12.0 Å². The maximum Gasteiger partial charge on any atom is 0.335 e. The van der Waals surface area contributed by atoms with Gasteiger partial charge in [-0.15, -0.1) is 0 Å². The number of carbonyl (C=O) groups is 3. The summed E-state index contributed by atoms with van der Waals surface area (Å²) in [5, 5.41) is 20.7. The number of amides is 1.